The number of carbonyl (C=O) groups is 1. The largest absolute Gasteiger partial charge is 0.351 e. The first kappa shape index (κ1) is 16.7. The molecule has 0 aromatic carbocycles. The third-order valence-corrected chi connectivity index (χ3v) is 6.62. The van der Waals surface area contributed by atoms with Crippen molar-refractivity contribution in [3.63, 3.8) is 0 Å². The molecule has 0 spiro atoms. The Morgan fingerprint density at radius 1 is 1.42 bits per heavy atom. The monoisotopic (exact) mass is 333 g/mol. The molecule has 1 aromatic heterocycles. The number of aromatic nitrogens is 1. The molecule has 3 atom stereocenters. The summed E-state index contributed by atoms with van der Waals surface area (Å²) in [5.74, 6) is 0.334. The predicted molar refractivity (Wildman–Crippen MR) is 88.5 cm³/mol. The van der Waals surface area contributed by atoms with Crippen molar-refractivity contribution in [3.05, 3.63) is 38.8 Å². The standard InChI is InChI=1S/C17H23N3O4/c1-16(2)11-6-7-17(16,3)13(8-11)18-14(21)10-19-9-12(20(23)24)4-5-15(19)22/h4-5,9,11,13H,6-8,10H2,1-3H3,(H,18,21)/t11-,13-,17-/m0/s1. The van der Waals surface area contributed by atoms with E-state index >= 15 is 0 Å². The molecular formula is C17H23N3O4. The van der Waals surface area contributed by atoms with E-state index < -0.39 is 10.5 Å². The number of fused-ring (bicyclic) bond motifs is 2. The van der Waals surface area contributed by atoms with Gasteiger partial charge in [0.1, 0.15) is 6.54 Å². The van der Waals surface area contributed by atoms with E-state index in [4.69, 9.17) is 0 Å². The van der Waals surface area contributed by atoms with Gasteiger partial charge in [-0.15, -0.1) is 0 Å². The average molecular weight is 333 g/mol. The van der Waals surface area contributed by atoms with Gasteiger partial charge in [-0.2, -0.15) is 0 Å². The highest BCUT2D eigenvalue weighted by molar-refractivity contribution is 5.76. The summed E-state index contributed by atoms with van der Waals surface area (Å²) in [6.07, 6.45) is 4.36. The highest BCUT2D eigenvalue weighted by Crippen LogP contribution is 2.65. The van der Waals surface area contributed by atoms with Crippen molar-refractivity contribution in [2.45, 2.75) is 52.6 Å². The van der Waals surface area contributed by atoms with Gasteiger partial charge >= 0.3 is 0 Å². The molecule has 0 radical (unpaired) electrons. The van der Waals surface area contributed by atoms with Crippen LogP contribution in [0.15, 0.2) is 23.1 Å². The van der Waals surface area contributed by atoms with Crippen LogP contribution in [0.3, 0.4) is 0 Å². The second kappa shape index (κ2) is 5.43. The van der Waals surface area contributed by atoms with E-state index in [9.17, 15) is 19.7 Å². The molecule has 2 bridgehead atoms. The molecule has 0 saturated heterocycles. The Bertz CT molecular complexity index is 754. The van der Waals surface area contributed by atoms with Gasteiger partial charge in [0.05, 0.1) is 11.1 Å². The number of carbonyl (C=O) groups excluding carboxylic acids is 1. The van der Waals surface area contributed by atoms with Crippen molar-refractivity contribution in [2.24, 2.45) is 16.7 Å². The molecule has 1 amide bonds. The van der Waals surface area contributed by atoms with E-state index in [0.717, 1.165) is 35.7 Å². The summed E-state index contributed by atoms with van der Waals surface area (Å²) >= 11 is 0. The van der Waals surface area contributed by atoms with Crippen LogP contribution in [0.2, 0.25) is 0 Å². The van der Waals surface area contributed by atoms with Crippen LogP contribution in [0.1, 0.15) is 40.0 Å². The van der Waals surface area contributed by atoms with E-state index in [-0.39, 0.29) is 35.0 Å². The van der Waals surface area contributed by atoms with Crippen LogP contribution in [-0.2, 0) is 11.3 Å². The molecule has 0 aliphatic heterocycles. The number of nitro groups is 1. The summed E-state index contributed by atoms with van der Waals surface area (Å²) < 4.78 is 1.09. The van der Waals surface area contributed by atoms with Gasteiger partial charge in [-0.25, -0.2) is 0 Å². The Morgan fingerprint density at radius 3 is 2.67 bits per heavy atom. The van der Waals surface area contributed by atoms with Crippen molar-refractivity contribution >= 4 is 11.6 Å². The van der Waals surface area contributed by atoms with Gasteiger partial charge in [-0.05, 0) is 36.0 Å². The van der Waals surface area contributed by atoms with Gasteiger partial charge in [0.15, 0.2) is 0 Å². The number of hydrogen-bond donors (Lipinski definition) is 1. The van der Waals surface area contributed by atoms with Gasteiger partial charge in [0, 0.05) is 18.2 Å². The first-order valence-electron chi connectivity index (χ1n) is 8.29. The van der Waals surface area contributed by atoms with Crippen molar-refractivity contribution in [1.29, 1.82) is 0 Å². The lowest BCUT2D eigenvalue weighted by molar-refractivity contribution is -0.385. The quantitative estimate of drug-likeness (QED) is 0.674. The fraction of sp³-hybridized carbons (Fsp3) is 0.647. The molecule has 1 N–H and O–H groups in total. The van der Waals surface area contributed by atoms with E-state index in [2.05, 4.69) is 26.1 Å². The van der Waals surface area contributed by atoms with Crippen LogP contribution < -0.4 is 10.9 Å². The maximum atomic E-state index is 12.4. The van der Waals surface area contributed by atoms with Gasteiger partial charge in [-0.1, -0.05) is 20.8 Å². The zero-order valence-electron chi connectivity index (χ0n) is 14.2. The summed E-state index contributed by atoms with van der Waals surface area (Å²) in [5, 5.41) is 13.9. The van der Waals surface area contributed by atoms with Gasteiger partial charge < -0.3 is 5.32 Å². The topological polar surface area (TPSA) is 94.2 Å². The molecule has 3 rings (SSSR count). The van der Waals surface area contributed by atoms with Crippen molar-refractivity contribution in [3.8, 4) is 0 Å². The molecule has 24 heavy (non-hydrogen) atoms. The minimum Gasteiger partial charge on any atom is -0.351 e. The van der Waals surface area contributed by atoms with Crippen molar-refractivity contribution in [2.75, 3.05) is 0 Å². The van der Waals surface area contributed by atoms with Gasteiger partial charge in [0.2, 0.25) is 5.91 Å². The van der Waals surface area contributed by atoms with Crippen LogP contribution in [0.25, 0.3) is 0 Å². The zero-order valence-corrected chi connectivity index (χ0v) is 14.2. The van der Waals surface area contributed by atoms with Gasteiger partial charge in [-0.3, -0.25) is 24.3 Å². The smallest absolute Gasteiger partial charge is 0.285 e. The number of pyridine rings is 1. The first-order valence-corrected chi connectivity index (χ1v) is 8.29. The Labute approximate surface area is 140 Å². The van der Waals surface area contributed by atoms with Crippen LogP contribution in [-0.4, -0.2) is 21.4 Å². The fourth-order valence-corrected chi connectivity index (χ4v) is 4.57. The lowest BCUT2D eigenvalue weighted by atomic mass is 9.69. The van der Waals surface area contributed by atoms with Crippen LogP contribution >= 0.6 is 0 Å². The summed E-state index contributed by atoms with van der Waals surface area (Å²) in [7, 11) is 0. The summed E-state index contributed by atoms with van der Waals surface area (Å²) in [5.41, 5.74) is -0.375. The van der Waals surface area contributed by atoms with E-state index in [1.165, 1.54) is 6.42 Å². The Hall–Kier alpha value is -2.18. The molecule has 1 heterocycles. The van der Waals surface area contributed by atoms with Crippen LogP contribution in [0.5, 0.6) is 0 Å². The summed E-state index contributed by atoms with van der Waals surface area (Å²) in [6.45, 7) is 6.56. The summed E-state index contributed by atoms with van der Waals surface area (Å²) in [4.78, 5) is 34.5. The molecule has 7 nitrogen and oxygen atoms in total. The van der Waals surface area contributed by atoms with E-state index in [1.54, 1.807) is 0 Å². The molecule has 2 aliphatic rings. The van der Waals surface area contributed by atoms with E-state index in [0.29, 0.717) is 5.92 Å². The highest BCUT2D eigenvalue weighted by atomic mass is 16.6. The Balaban J connectivity index is 1.73. The Kier molecular flexibility index (Phi) is 3.77. The van der Waals surface area contributed by atoms with Crippen LogP contribution in [0.4, 0.5) is 5.69 Å². The number of hydrogen-bond acceptors (Lipinski definition) is 4. The van der Waals surface area contributed by atoms with Crippen molar-refractivity contribution in [1.82, 2.24) is 9.88 Å². The lowest BCUT2D eigenvalue weighted by Gasteiger charge is -2.39. The molecular weight excluding hydrogens is 310 g/mol. The summed E-state index contributed by atoms with van der Waals surface area (Å²) in [6, 6.07) is 2.36. The Morgan fingerprint density at radius 2 is 2.12 bits per heavy atom. The number of nitrogens with zero attached hydrogens (tertiary/aromatic N) is 2. The van der Waals surface area contributed by atoms with Crippen molar-refractivity contribution < 1.29 is 9.72 Å². The fourth-order valence-electron chi connectivity index (χ4n) is 4.57. The third kappa shape index (κ3) is 2.42. The average Bonchev–Trinajstić information content (AvgIpc) is 2.82. The second-order valence-corrected chi connectivity index (χ2v) is 7.84. The zero-order chi connectivity index (χ0) is 17.7. The molecule has 1 aromatic rings. The normalized spacial score (nSPS) is 30.3. The number of rotatable bonds is 4. The molecule has 2 aliphatic carbocycles. The maximum absolute atomic E-state index is 12.4. The molecule has 7 heteroatoms. The minimum atomic E-state index is -0.576. The highest BCUT2D eigenvalue weighted by Gasteiger charge is 2.61. The maximum Gasteiger partial charge on any atom is 0.285 e. The number of nitrogens with one attached hydrogen (secondary N) is 1. The van der Waals surface area contributed by atoms with Gasteiger partial charge in [0.25, 0.3) is 11.2 Å². The number of amides is 1. The predicted octanol–water partition coefficient (Wildman–Crippen LogP) is 2.09. The van der Waals surface area contributed by atoms with Crippen LogP contribution in [0, 0.1) is 26.9 Å². The molecule has 130 valence electrons. The van der Waals surface area contributed by atoms with E-state index in [1.807, 2.05) is 0 Å². The first-order chi connectivity index (χ1) is 11.1. The molecule has 0 unspecified atom stereocenters. The SMILES string of the molecule is CC1(C)[C@H]2CC[C@@]1(C)[C@@H](NC(=O)Cn1cc([N+](=O)[O-])ccc1=O)C2. The molecule has 2 saturated carbocycles. The second-order valence-electron chi connectivity index (χ2n) is 7.84. The third-order valence-electron chi connectivity index (χ3n) is 6.62. The minimum absolute atomic E-state index is 0.0565. The lowest BCUT2D eigenvalue weighted by Crippen LogP contribution is -2.48. The molecule has 2 fully saturated rings.